The van der Waals surface area contributed by atoms with E-state index in [0.29, 0.717) is 6.54 Å². The van der Waals surface area contributed by atoms with Gasteiger partial charge in [0.05, 0.1) is 13.2 Å². The fourth-order valence-electron chi connectivity index (χ4n) is 3.08. The Morgan fingerprint density at radius 1 is 1.00 bits per heavy atom. The molecule has 104 valence electrons. The van der Waals surface area contributed by atoms with Crippen molar-refractivity contribution in [1.82, 2.24) is 9.80 Å². The lowest BCUT2D eigenvalue weighted by molar-refractivity contribution is -0.133. The summed E-state index contributed by atoms with van der Waals surface area (Å²) in [6, 6.07) is 0.212. The average Bonchev–Trinajstić information content (AvgIpc) is 2.75. The molecule has 2 rings (SSSR count). The maximum absolute atomic E-state index is 12.3. The van der Waals surface area contributed by atoms with Crippen molar-refractivity contribution in [3.8, 4) is 0 Å². The second-order valence-electron chi connectivity index (χ2n) is 5.60. The molecule has 2 aliphatic heterocycles. The van der Waals surface area contributed by atoms with E-state index in [-0.39, 0.29) is 18.6 Å². The van der Waals surface area contributed by atoms with Gasteiger partial charge in [-0.2, -0.15) is 0 Å². The van der Waals surface area contributed by atoms with Gasteiger partial charge in [0.25, 0.3) is 0 Å². The first-order chi connectivity index (χ1) is 8.81. The number of likely N-dealkylation sites (tertiary alicyclic amines) is 2. The summed E-state index contributed by atoms with van der Waals surface area (Å²) in [4.78, 5) is 16.5. The van der Waals surface area contributed by atoms with Crippen LogP contribution in [0.25, 0.3) is 0 Å². The van der Waals surface area contributed by atoms with Gasteiger partial charge in [-0.1, -0.05) is 19.3 Å². The molecular formula is C14H26N2O2. The largest absolute Gasteiger partial charge is 0.395 e. The first kappa shape index (κ1) is 13.8. The third-order valence-corrected chi connectivity index (χ3v) is 4.26. The first-order valence-corrected chi connectivity index (χ1v) is 7.44. The Morgan fingerprint density at radius 3 is 2.33 bits per heavy atom. The Bertz CT molecular complexity index is 263. The predicted molar refractivity (Wildman–Crippen MR) is 71.3 cm³/mol. The van der Waals surface area contributed by atoms with Crippen molar-refractivity contribution in [2.45, 2.75) is 51.0 Å². The maximum Gasteiger partial charge on any atom is 0.236 e. The third-order valence-electron chi connectivity index (χ3n) is 4.26. The van der Waals surface area contributed by atoms with E-state index in [9.17, 15) is 9.90 Å². The van der Waals surface area contributed by atoms with E-state index in [1.165, 1.54) is 19.3 Å². The summed E-state index contributed by atoms with van der Waals surface area (Å²) in [5, 5.41) is 9.28. The highest BCUT2D eigenvalue weighted by atomic mass is 16.3. The molecular weight excluding hydrogens is 228 g/mol. The van der Waals surface area contributed by atoms with Gasteiger partial charge in [-0.3, -0.25) is 9.69 Å². The van der Waals surface area contributed by atoms with E-state index >= 15 is 0 Å². The highest BCUT2D eigenvalue weighted by Crippen LogP contribution is 2.17. The average molecular weight is 254 g/mol. The lowest BCUT2D eigenvalue weighted by Crippen LogP contribution is -2.44. The lowest BCUT2D eigenvalue weighted by Gasteiger charge is -2.29. The van der Waals surface area contributed by atoms with E-state index in [0.717, 1.165) is 45.3 Å². The van der Waals surface area contributed by atoms with Crippen LogP contribution < -0.4 is 0 Å². The first-order valence-electron chi connectivity index (χ1n) is 7.44. The summed E-state index contributed by atoms with van der Waals surface area (Å²) in [6.07, 6.45) is 8.27. The minimum Gasteiger partial charge on any atom is -0.395 e. The number of amides is 1. The number of aliphatic hydroxyl groups excluding tert-OH is 1. The standard InChI is InChI=1S/C14H26N2O2/c17-12-13-7-6-10-16(13)11-14(18)15-8-4-2-1-3-5-9-15/h13,17H,1-12H2/t13-/m1/s1. The SMILES string of the molecule is O=C(CN1CCC[C@@H]1CO)N1CCCCCCC1. The molecule has 1 amide bonds. The van der Waals surface area contributed by atoms with Crippen LogP contribution in [0.2, 0.25) is 0 Å². The molecule has 0 radical (unpaired) electrons. The normalized spacial score (nSPS) is 26.9. The number of carbonyl (C=O) groups excluding carboxylic acids is 1. The van der Waals surface area contributed by atoms with Gasteiger partial charge < -0.3 is 10.0 Å². The molecule has 1 atom stereocenters. The Morgan fingerprint density at radius 2 is 1.67 bits per heavy atom. The molecule has 18 heavy (non-hydrogen) atoms. The van der Waals surface area contributed by atoms with E-state index < -0.39 is 0 Å². The van der Waals surface area contributed by atoms with Crippen LogP contribution in [0, 0.1) is 0 Å². The number of aliphatic hydroxyl groups is 1. The Kier molecular flexibility index (Phi) is 5.45. The summed E-state index contributed by atoms with van der Waals surface area (Å²) in [5.74, 6) is 0.261. The van der Waals surface area contributed by atoms with Crippen LogP contribution in [0.15, 0.2) is 0 Å². The highest BCUT2D eigenvalue weighted by molar-refractivity contribution is 5.78. The van der Waals surface area contributed by atoms with Crippen molar-refractivity contribution < 1.29 is 9.90 Å². The molecule has 0 aliphatic carbocycles. The zero-order valence-corrected chi connectivity index (χ0v) is 11.3. The van der Waals surface area contributed by atoms with Gasteiger partial charge in [0.1, 0.15) is 0 Å². The molecule has 0 aromatic rings. The lowest BCUT2D eigenvalue weighted by atomic mass is 10.1. The summed E-state index contributed by atoms with van der Waals surface area (Å²) in [5.41, 5.74) is 0. The van der Waals surface area contributed by atoms with Crippen molar-refractivity contribution in [2.24, 2.45) is 0 Å². The van der Waals surface area contributed by atoms with Crippen LogP contribution in [0.1, 0.15) is 44.9 Å². The van der Waals surface area contributed by atoms with Gasteiger partial charge in [-0.05, 0) is 32.2 Å². The Hall–Kier alpha value is -0.610. The Labute approximate surface area is 110 Å². The van der Waals surface area contributed by atoms with Gasteiger partial charge in [0.2, 0.25) is 5.91 Å². The van der Waals surface area contributed by atoms with E-state index in [2.05, 4.69) is 4.90 Å². The van der Waals surface area contributed by atoms with Gasteiger partial charge in [0.15, 0.2) is 0 Å². The smallest absolute Gasteiger partial charge is 0.236 e. The van der Waals surface area contributed by atoms with Crippen molar-refractivity contribution in [3.05, 3.63) is 0 Å². The van der Waals surface area contributed by atoms with E-state index in [1.807, 2.05) is 4.90 Å². The van der Waals surface area contributed by atoms with E-state index in [1.54, 1.807) is 0 Å². The number of hydrogen-bond donors (Lipinski definition) is 1. The van der Waals surface area contributed by atoms with Crippen molar-refractivity contribution in [2.75, 3.05) is 32.8 Å². The molecule has 4 heteroatoms. The molecule has 0 aromatic carbocycles. The zero-order valence-electron chi connectivity index (χ0n) is 11.3. The van der Waals surface area contributed by atoms with Crippen LogP contribution in [0.3, 0.4) is 0 Å². The van der Waals surface area contributed by atoms with Crippen LogP contribution in [0.5, 0.6) is 0 Å². The second kappa shape index (κ2) is 7.10. The molecule has 0 saturated carbocycles. The van der Waals surface area contributed by atoms with Gasteiger partial charge in [0, 0.05) is 19.1 Å². The summed E-state index contributed by atoms with van der Waals surface area (Å²) in [7, 11) is 0. The van der Waals surface area contributed by atoms with Crippen molar-refractivity contribution >= 4 is 5.91 Å². The fourth-order valence-corrected chi connectivity index (χ4v) is 3.08. The quantitative estimate of drug-likeness (QED) is 0.824. The van der Waals surface area contributed by atoms with Crippen LogP contribution in [-0.2, 0) is 4.79 Å². The fraction of sp³-hybridized carbons (Fsp3) is 0.929. The predicted octanol–water partition coefficient (Wildman–Crippen LogP) is 1.24. The minimum absolute atomic E-state index is 0.188. The molecule has 2 saturated heterocycles. The van der Waals surface area contributed by atoms with E-state index in [4.69, 9.17) is 0 Å². The molecule has 0 spiro atoms. The third kappa shape index (κ3) is 3.69. The number of rotatable bonds is 3. The van der Waals surface area contributed by atoms with Gasteiger partial charge >= 0.3 is 0 Å². The summed E-state index contributed by atoms with van der Waals surface area (Å²) < 4.78 is 0. The van der Waals surface area contributed by atoms with Gasteiger partial charge in [-0.15, -0.1) is 0 Å². The van der Waals surface area contributed by atoms with Crippen LogP contribution >= 0.6 is 0 Å². The summed E-state index contributed by atoms with van der Waals surface area (Å²) in [6.45, 7) is 3.51. The molecule has 2 fully saturated rings. The second-order valence-corrected chi connectivity index (χ2v) is 5.60. The molecule has 2 aliphatic rings. The molecule has 2 heterocycles. The van der Waals surface area contributed by atoms with Gasteiger partial charge in [-0.25, -0.2) is 0 Å². The van der Waals surface area contributed by atoms with Crippen LogP contribution in [0.4, 0.5) is 0 Å². The van der Waals surface area contributed by atoms with Crippen molar-refractivity contribution in [1.29, 1.82) is 0 Å². The monoisotopic (exact) mass is 254 g/mol. The molecule has 4 nitrogen and oxygen atoms in total. The molecule has 0 aromatic heterocycles. The summed E-state index contributed by atoms with van der Waals surface area (Å²) >= 11 is 0. The number of hydrogen-bond acceptors (Lipinski definition) is 3. The molecule has 0 unspecified atom stereocenters. The molecule has 0 bridgehead atoms. The number of nitrogens with zero attached hydrogens (tertiary/aromatic N) is 2. The Balaban J connectivity index is 1.82. The highest BCUT2D eigenvalue weighted by Gasteiger charge is 2.27. The topological polar surface area (TPSA) is 43.8 Å². The molecule has 1 N–H and O–H groups in total. The number of carbonyl (C=O) groups is 1. The maximum atomic E-state index is 12.3. The zero-order chi connectivity index (χ0) is 12.8. The van der Waals surface area contributed by atoms with Crippen LogP contribution in [-0.4, -0.2) is 59.6 Å². The van der Waals surface area contributed by atoms with Crippen molar-refractivity contribution in [3.63, 3.8) is 0 Å². The minimum atomic E-state index is 0.188.